The molecule has 0 aromatic carbocycles. The van der Waals surface area contributed by atoms with Crippen molar-refractivity contribution in [3.8, 4) is 0 Å². The lowest BCUT2D eigenvalue weighted by molar-refractivity contribution is 0.103. The van der Waals surface area contributed by atoms with Crippen molar-refractivity contribution in [2.75, 3.05) is 19.8 Å². The van der Waals surface area contributed by atoms with Crippen molar-refractivity contribution in [2.45, 2.75) is 59.9 Å². The topological polar surface area (TPSA) is 21.3 Å². The van der Waals surface area contributed by atoms with Gasteiger partial charge in [0.2, 0.25) is 0 Å². The summed E-state index contributed by atoms with van der Waals surface area (Å²) in [4.78, 5) is 0. The highest BCUT2D eigenvalue weighted by molar-refractivity contribution is 4.70. The first kappa shape index (κ1) is 15.9. The van der Waals surface area contributed by atoms with Crippen LogP contribution in [0.5, 0.6) is 0 Å². The fourth-order valence-electron chi connectivity index (χ4n) is 1.73. The molecule has 2 nitrogen and oxygen atoms in total. The molecule has 0 radical (unpaired) electrons. The standard InChI is InChI=1S/C14H31NO/c1-6-9-15-14(13(4)5)8-7-10-16-11-12(2)3/h12-15H,6-11H2,1-5H3. The van der Waals surface area contributed by atoms with Gasteiger partial charge >= 0.3 is 0 Å². The average Bonchev–Trinajstić information content (AvgIpc) is 2.21. The van der Waals surface area contributed by atoms with Crippen LogP contribution in [0.4, 0.5) is 0 Å². The minimum atomic E-state index is 0.652. The van der Waals surface area contributed by atoms with Crippen LogP contribution in [-0.2, 0) is 4.74 Å². The molecule has 0 amide bonds. The van der Waals surface area contributed by atoms with E-state index in [1.165, 1.54) is 19.3 Å². The minimum Gasteiger partial charge on any atom is -0.381 e. The van der Waals surface area contributed by atoms with Crippen molar-refractivity contribution < 1.29 is 4.74 Å². The van der Waals surface area contributed by atoms with E-state index in [1.807, 2.05) is 0 Å². The molecule has 0 aromatic rings. The number of ether oxygens (including phenoxy) is 1. The van der Waals surface area contributed by atoms with Gasteiger partial charge in [0.1, 0.15) is 0 Å². The van der Waals surface area contributed by atoms with Crippen molar-refractivity contribution in [3.05, 3.63) is 0 Å². The minimum absolute atomic E-state index is 0.652. The third-order valence-corrected chi connectivity index (χ3v) is 2.72. The summed E-state index contributed by atoms with van der Waals surface area (Å²) in [6.07, 6.45) is 3.62. The first-order valence-electron chi connectivity index (χ1n) is 6.89. The zero-order valence-electron chi connectivity index (χ0n) is 11.9. The monoisotopic (exact) mass is 229 g/mol. The predicted molar refractivity (Wildman–Crippen MR) is 71.8 cm³/mol. The van der Waals surface area contributed by atoms with E-state index in [0.717, 1.165) is 25.7 Å². The molecule has 0 saturated carbocycles. The molecule has 2 heteroatoms. The SMILES string of the molecule is CCCNC(CCCOCC(C)C)C(C)C. The summed E-state index contributed by atoms with van der Waals surface area (Å²) in [7, 11) is 0. The maximum absolute atomic E-state index is 5.60. The lowest BCUT2D eigenvalue weighted by atomic mass is 9.99. The van der Waals surface area contributed by atoms with E-state index in [0.29, 0.717) is 12.0 Å². The van der Waals surface area contributed by atoms with Crippen LogP contribution in [0.2, 0.25) is 0 Å². The first-order valence-corrected chi connectivity index (χ1v) is 6.89. The van der Waals surface area contributed by atoms with Crippen molar-refractivity contribution in [3.63, 3.8) is 0 Å². The summed E-state index contributed by atoms with van der Waals surface area (Å²) in [5.41, 5.74) is 0. The number of rotatable bonds is 10. The van der Waals surface area contributed by atoms with Gasteiger partial charge in [0, 0.05) is 19.3 Å². The average molecular weight is 229 g/mol. The number of hydrogen-bond acceptors (Lipinski definition) is 2. The van der Waals surface area contributed by atoms with Crippen molar-refractivity contribution >= 4 is 0 Å². The van der Waals surface area contributed by atoms with E-state index in [4.69, 9.17) is 4.74 Å². The van der Waals surface area contributed by atoms with Gasteiger partial charge in [-0.05, 0) is 37.6 Å². The second-order valence-corrected chi connectivity index (χ2v) is 5.42. The zero-order valence-corrected chi connectivity index (χ0v) is 11.9. The van der Waals surface area contributed by atoms with Crippen molar-refractivity contribution in [1.82, 2.24) is 5.32 Å². The Morgan fingerprint density at radius 2 is 1.81 bits per heavy atom. The van der Waals surface area contributed by atoms with E-state index in [9.17, 15) is 0 Å². The summed E-state index contributed by atoms with van der Waals surface area (Å²) >= 11 is 0. The Balaban J connectivity index is 3.52. The zero-order chi connectivity index (χ0) is 12.4. The third kappa shape index (κ3) is 9.17. The van der Waals surface area contributed by atoms with Gasteiger partial charge in [-0.15, -0.1) is 0 Å². The van der Waals surface area contributed by atoms with Crippen LogP contribution in [0.1, 0.15) is 53.9 Å². The summed E-state index contributed by atoms with van der Waals surface area (Å²) in [5.74, 6) is 1.37. The Morgan fingerprint density at radius 3 is 2.31 bits per heavy atom. The van der Waals surface area contributed by atoms with Gasteiger partial charge in [0.05, 0.1) is 0 Å². The van der Waals surface area contributed by atoms with Crippen LogP contribution in [-0.4, -0.2) is 25.8 Å². The van der Waals surface area contributed by atoms with Crippen molar-refractivity contribution in [2.24, 2.45) is 11.8 Å². The summed E-state index contributed by atoms with van der Waals surface area (Å²) < 4.78 is 5.60. The van der Waals surface area contributed by atoms with Gasteiger partial charge in [-0.1, -0.05) is 34.6 Å². The fourth-order valence-corrected chi connectivity index (χ4v) is 1.73. The molecule has 0 bridgehead atoms. The third-order valence-electron chi connectivity index (χ3n) is 2.72. The Labute approximate surface area is 102 Å². The van der Waals surface area contributed by atoms with E-state index < -0.39 is 0 Å². The van der Waals surface area contributed by atoms with Crippen LogP contribution >= 0.6 is 0 Å². The highest BCUT2D eigenvalue weighted by Crippen LogP contribution is 2.09. The molecule has 0 heterocycles. The predicted octanol–water partition coefficient (Wildman–Crippen LogP) is 3.46. The molecule has 16 heavy (non-hydrogen) atoms. The first-order chi connectivity index (χ1) is 7.57. The number of nitrogens with one attached hydrogen (secondary N) is 1. The normalized spacial score (nSPS) is 13.7. The molecule has 0 saturated heterocycles. The molecule has 0 aliphatic rings. The van der Waals surface area contributed by atoms with E-state index in [-0.39, 0.29) is 0 Å². The molecule has 1 N–H and O–H groups in total. The highest BCUT2D eigenvalue weighted by atomic mass is 16.5. The maximum atomic E-state index is 5.60. The lowest BCUT2D eigenvalue weighted by Gasteiger charge is -2.22. The fraction of sp³-hybridized carbons (Fsp3) is 1.00. The van der Waals surface area contributed by atoms with E-state index in [2.05, 4.69) is 39.9 Å². The van der Waals surface area contributed by atoms with Crippen LogP contribution < -0.4 is 5.32 Å². The maximum Gasteiger partial charge on any atom is 0.0488 e. The quantitative estimate of drug-likeness (QED) is 0.579. The second-order valence-electron chi connectivity index (χ2n) is 5.42. The largest absolute Gasteiger partial charge is 0.381 e. The van der Waals surface area contributed by atoms with Crippen LogP contribution in [0, 0.1) is 11.8 Å². The molecule has 0 rings (SSSR count). The molecule has 0 spiro atoms. The van der Waals surface area contributed by atoms with Crippen LogP contribution in [0.15, 0.2) is 0 Å². The Hall–Kier alpha value is -0.0800. The van der Waals surface area contributed by atoms with Crippen LogP contribution in [0.25, 0.3) is 0 Å². The molecule has 0 aromatic heterocycles. The van der Waals surface area contributed by atoms with Gasteiger partial charge in [0.15, 0.2) is 0 Å². The molecule has 98 valence electrons. The smallest absolute Gasteiger partial charge is 0.0488 e. The molecular weight excluding hydrogens is 198 g/mol. The Bertz CT molecular complexity index is 146. The van der Waals surface area contributed by atoms with E-state index >= 15 is 0 Å². The molecule has 0 aliphatic carbocycles. The summed E-state index contributed by atoms with van der Waals surface area (Å²) in [5, 5.41) is 3.61. The Kier molecular flexibility index (Phi) is 10.0. The molecule has 0 aliphatic heterocycles. The van der Waals surface area contributed by atoms with Crippen molar-refractivity contribution in [1.29, 1.82) is 0 Å². The van der Waals surface area contributed by atoms with Gasteiger partial charge in [0.25, 0.3) is 0 Å². The van der Waals surface area contributed by atoms with Gasteiger partial charge in [-0.25, -0.2) is 0 Å². The number of hydrogen-bond donors (Lipinski definition) is 1. The highest BCUT2D eigenvalue weighted by Gasteiger charge is 2.11. The van der Waals surface area contributed by atoms with Gasteiger partial charge in [-0.2, -0.15) is 0 Å². The molecule has 0 fully saturated rings. The van der Waals surface area contributed by atoms with E-state index in [1.54, 1.807) is 0 Å². The molecule has 1 unspecified atom stereocenters. The Morgan fingerprint density at radius 1 is 1.12 bits per heavy atom. The van der Waals surface area contributed by atoms with Gasteiger partial charge in [-0.3, -0.25) is 0 Å². The summed E-state index contributed by atoms with van der Waals surface area (Å²) in [6.45, 7) is 14.1. The molecular formula is C14H31NO. The van der Waals surface area contributed by atoms with Gasteiger partial charge < -0.3 is 10.1 Å². The second kappa shape index (κ2) is 10.1. The molecule has 1 atom stereocenters. The van der Waals surface area contributed by atoms with Crippen LogP contribution in [0.3, 0.4) is 0 Å². The summed E-state index contributed by atoms with van der Waals surface area (Å²) in [6, 6.07) is 0.655. The lowest BCUT2D eigenvalue weighted by Crippen LogP contribution is -2.34.